The number of rotatable bonds is 3. The van der Waals surface area contributed by atoms with Crippen molar-refractivity contribution < 1.29 is 8.78 Å². The predicted molar refractivity (Wildman–Crippen MR) is 64.0 cm³/mol. The second-order valence-electron chi connectivity index (χ2n) is 3.93. The molecule has 0 aliphatic rings. The number of hydrogen-bond donors (Lipinski definition) is 1. The van der Waals surface area contributed by atoms with Crippen molar-refractivity contribution in [3.8, 4) is 0 Å². The average molecular weight is 250 g/mol. The lowest BCUT2D eigenvalue weighted by molar-refractivity contribution is 0.486. The normalized spacial score (nSPS) is 12.4. The predicted octanol–water partition coefficient (Wildman–Crippen LogP) is 1.83. The van der Waals surface area contributed by atoms with Crippen LogP contribution in [0, 0.1) is 11.6 Å². The Bertz CT molecular complexity index is 590. The molecule has 2 aromatic rings. The number of aromatic nitrogens is 1. The van der Waals surface area contributed by atoms with Gasteiger partial charge in [-0.25, -0.2) is 8.78 Å². The van der Waals surface area contributed by atoms with Crippen LogP contribution in [0.15, 0.2) is 47.4 Å². The molecule has 0 saturated carbocycles. The summed E-state index contributed by atoms with van der Waals surface area (Å²) in [7, 11) is 0. The van der Waals surface area contributed by atoms with Crippen LogP contribution >= 0.6 is 0 Å². The number of halogens is 2. The van der Waals surface area contributed by atoms with Crippen LogP contribution in [0.4, 0.5) is 8.78 Å². The van der Waals surface area contributed by atoms with E-state index in [1.807, 2.05) is 0 Å². The van der Waals surface area contributed by atoms with Crippen LogP contribution < -0.4 is 11.3 Å². The lowest BCUT2D eigenvalue weighted by Crippen LogP contribution is -2.26. The van der Waals surface area contributed by atoms with E-state index in [4.69, 9.17) is 5.73 Å². The fourth-order valence-corrected chi connectivity index (χ4v) is 1.78. The van der Waals surface area contributed by atoms with Gasteiger partial charge in [-0.3, -0.25) is 4.79 Å². The Morgan fingerprint density at radius 1 is 1.11 bits per heavy atom. The SMILES string of the molecule is NC(Cn1ccccc1=O)c1c(F)cccc1F. The smallest absolute Gasteiger partial charge is 0.250 e. The molecule has 1 atom stereocenters. The van der Waals surface area contributed by atoms with Crippen LogP contribution in [0.1, 0.15) is 11.6 Å². The molecule has 0 bridgehead atoms. The van der Waals surface area contributed by atoms with E-state index in [9.17, 15) is 13.6 Å². The molecule has 3 nitrogen and oxygen atoms in total. The molecular weight excluding hydrogens is 238 g/mol. The maximum Gasteiger partial charge on any atom is 0.250 e. The van der Waals surface area contributed by atoms with Crippen LogP contribution in [-0.4, -0.2) is 4.57 Å². The molecule has 0 amide bonds. The number of hydrogen-bond acceptors (Lipinski definition) is 2. The summed E-state index contributed by atoms with van der Waals surface area (Å²) in [5, 5.41) is 0. The van der Waals surface area contributed by atoms with Gasteiger partial charge in [0.25, 0.3) is 5.56 Å². The Morgan fingerprint density at radius 3 is 2.39 bits per heavy atom. The average Bonchev–Trinajstić information content (AvgIpc) is 2.32. The van der Waals surface area contributed by atoms with Crippen molar-refractivity contribution in [1.29, 1.82) is 0 Å². The first-order valence-corrected chi connectivity index (χ1v) is 5.44. The van der Waals surface area contributed by atoms with Crippen LogP contribution in [-0.2, 0) is 6.54 Å². The molecule has 1 unspecified atom stereocenters. The Morgan fingerprint density at radius 2 is 1.78 bits per heavy atom. The third kappa shape index (κ3) is 2.46. The zero-order chi connectivity index (χ0) is 13.1. The van der Waals surface area contributed by atoms with Gasteiger partial charge >= 0.3 is 0 Å². The Kier molecular flexibility index (Phi) is 3.53. The third-order valence-electron chi connectivity index (χ3n) is 2.66. The van der Waals surface area contributed by atoms with Crippen molar-refractivity contribution in [3.05, 3.63) is 70.1 Å². The van der Waals surface area contributed by atoms with Crippen molar-refractivity contribution in [3.63, 3.8) is 0 Å². The summed E-state index contributed by atoms with van der Waals surface area (Å²) in [6.07, 6.45) is 1.53. The maximum atomic E-state index is 13.5. The van der Waals surface area contributed by atoms with Crippen molar-refractivity contribution in [1.82, 2.24) is 4.57 Å². The molecule has 0 spiro atoms. The van der Waals surface area contributed by atoms with Gasteiger partial charge in [0.1, 0.15) is 11.6 Å². The highest BCUT2D eigenvalue weighted by Crippen LogP contribution is 2.19. The van der Waals surface area contributed by atoms with Gasteiger partial charge in [-0.05, 0) is 18.2 Å². The number of pyridine rings is 1. The first-order valence-electron chi connectivity index (χ1n) is 5.44. The molecule has 1 aromatic carbocycles. The van der Waals surface area contributed by atoms with E-state index in [1.54, 1.807) is 12.1 Å². The summed E-state index contributed by atoms with van der Waals surface area (Å²) >= 11 is 0. The minimum Gasteiger partial charge on any atom is -0.322 e. The standard InChI is InChI=1S/C13H12F2N2O/c14-9-4-3-5-10(15)13(9)11(16)8-17-7-2-1-6-12(17)18/h1-7,11H,8,16H2. The van der Waals surface area contributed by atoms with Crippen molar-refractivity contribution in [2.45, 2.75) is 12.6 Å². The zero-order valence-corrected chi connectivity index (χ0v) is 9.51. The fourth-order valence-electron chi connectivity index (χ4n) is 1.78. The minimum atomic E-state index is -0.911. The summed E-state index contributed by atoms with van der Waals surface area (Å²) in [6, 6.07) is 7.27. The molecule has 5 heteroatoms. The first-order chi connectivity index (χ1) is 8.59. The van der Waals surface area contributed by atoms with Gasteiger partial charge in [0.15, 0.2) is 0 Å². The summed E-state index contributed by atoms with van der Waals surface area (Å²) in [5.41, 5.74) is 5.30. The number of nitrogens with two attached hydrogens (primary N) is 1. The summed E-state index contributed by atoms with van der Waals surface area (Å²) in [5.74, 6) is -1.40. The summed E-state index contributed by atoms with van der Waals surface area (Å²) in [4.78, 5) is 11.5. The van der Waals surface area contributed by atoms with E-state index >= 15 is 0 Å². The molecule has 0 aliphatic carbocycles. The third-order valence-corrected chi connectivity index (χ3v) is 2.66. The second-order valence-corrected chi connectivity index (χ2v) is 3.93. The molecule has 2 N–H and O–H groups in total. The number of nitrogens with zero attached hydrogens (tertiary/aromatic N) is 1. The molecule has 0 fully saturated rings. The molecule has 18 heavy (non-hydrogen) atoms. The highest BCUT2D eigenvalue weighted by molar-refractivity contribution is 5.23. The van der Waals surface area contributed by atoms with E-state index in [2.05, 4.69) is 0 Å². The van der Waals surface area contributed by atoms with Gasteiger partial charge in [0, 0.05) is 24.4 Å². The molecule has 2 rings (SSSR count). The van der Waals surface area contributed by atoms with Gasteiger partial charge in [-0.1, -0.05) is 12.1 Å². The van der Waals surface area contributed by atoms with E-state index in [0.29, 0.717) is 0 Å². The molecule has 0 radical (unpaired) electrons. The topological polar surface area (TPSA) is 48.0 Å². The molecule has 0 saturated heterocycles. The van der Waals surface area contributed by atoms with E-state index in [1.165, 1.54) is 22.9 Å². The van der Waals surface area contributed by atoms with Crippen LogP contribution in [0.25, 0.3) is 0 Å². The molecule has 1 heterocycles. The van der Waals surface area contributed by atoms with Gasteiger partial charge < -0.3 is 10.3 Å². The second kappa shape index (κ2) is 5.10. The van der Waals surface area contributed by atoms with Gasteiger partial charge in [-0.2, -0.15) is 0 Å². The highest BCUT2D eigenvalue weighted by Gasteiger charge is 2.16. The maximum absolute atomic E-state index is 13.5. The fraction of sp³-hybridized carbons (Fsp3) is 0.154. The zero-order valence-electron chi connectivity index (χ0n) is 9.51. The molecular formula is C13H12F2N2O. The van der Waals surface area contributed by atoms with E-state index in [-0.39, 0.29) is 17.7 Å². The van der Waals surface area contributed by atoms with Gasteiger partial charge in [0.05, 0.1) is 6.04 Å². The summed E-state index contributed by atoms with van der Waals surface area (Å²) in [6.45, 7) is 0.0253. The Balaban J connectivity index is 2.31. The van der Waals surface area contributed by atoms with Crippen LogP contribution in [0.2, 0.25) is 0 Å². The monoisotopic (exact) mass is 250 g/mol. The van der Waals surface area contributed by atoms with Crippen LogP contribution in [0.3, 0.4) is 0 Å². The van der Waals surface area contributed by atoms with E-state index in [0.717, 1.165) is 12.1 Å². The van der Waals surface area contributed by atoms with Gasteiger partial charge in [-0.15, -0.1) is 0 Å². The molecule has 1 aromatic heterocycles. The first kappa shape index (κ1) is 12.4. The van der Waals surface area contributed by atoms with Crippen LogP contribution in [0.5, 0.6) is 0 Å². The lowest BCUT2D eigenvalue weighted by Gasteiger charge is -2.15. The van der Waals surface area contributed by atoms with Crippen molar-refractivity contribution >= 4 is 0 Å². The minimum absolute atomic E-state index is 0.0253. The van der Waals surface area contributed by atoms with Crippen molar-refractivity contribution in [2.75, 3.05) is 0 Å². The Hall–Kier alpha value is -2.01. The Labute approximate surface area is 102 Å². The molecule has 94 valence electrons. The lowest BCUT2D eigenvalue weighted by atomic mass is 10.1. The largest absolute Gasteiger partial charge is 0.322 e. The van der Waals surface area contributed by atoms with E-state index < -0.39 is 17.7 Å². The molecule has 0 aliphatic heterocycles. The summed E-state index contributed by atoms with van der Waals surface area (Å²) < 4.78 is 28.3. The van der Waals surface area contributed by atoms with Gasteiger partial charge in [0.2, 0.25) is 0 Å². The highest BCUT2D eigenvalue weighted by atomic mass is 19.1. The van der Waals surface area contributed by atoms with Crippen molar-refractivity contribution in [2.24, 2.45) is 5.73 Å². The quantitative estimate of drug-likeness (QED) is 0.903. The number of benzene rings is 1.